The fraction of sp³-hybridized carbons (Fsp3) is 0.278. The molecule has 0 saturated heterocycles. The number of ether oxygens (including phenoxy) is 1. The van der Waals surface area contributed by atoms with E-state index in [1.807, 2.05) is 18.2 Å². The Kier molecular flexibility index (Phi) is 4.78. The second kappa shape index (κ2) is 6.85. The summed E-state index contributed by atoms with van der Waals surface area (Å²) in [6.45, 7) is 0. The SMILES string of the molecule is CNS(=O)(=O)c1cc(C(=O)Nc2ccc3c(c2)CCC3)ccc1OC. The summed E-state index contributed by atoms with van der Waals surface area (Å²) in [5.74, 6) is -0.184. The predicted molar refractivity (Wildman–Crippen MR) is 95.7 cm³/mol. The molecule has 0 bridgehead atoms. The molecule has 2 aromatic rings. The highest BCUT2D eigenvalue weighted by Crippen LogP contribution is 2.27. The van der Waals surface area contributed by atoms with E-state index in [0.717, 1.165) is 19.3 Å². The molecule has 1 amide bonds. The first-order valence-corrected chi connectivity index (χ1v) is 9.47. The molecular weight excluding hydrogens is 340 g/mol. The largest absolute Gasteiger partial charge is 0.495 e. The highest BCUT2D eigenvalue weighted by molar-refractivity contribution is 7.89. The van der Waals surface area contributed by atoms with Crippen LogP contribution in [0.15, 0.2) is 41.3 Å². The molecule has 0 spiro atoms. The molecule has 0 fully saturated rings. The second-order valence-electron chi connectivity index (χ2n) is 5.86. The van der Waals surface area contributed by atoms with Crippen LogP contribution >= 0.6 is 0 Å². The summed E-state index contributed by atoms with van der Waals surface area (Å²) in [7, 11) is -1.04. The van der Waals surface area contributed by atoms with Gasteiger partial charge in [0.2, 0.25) is 10.0 Å². The number of anilines is 1. The fourth-order valence-electron chi connectivity index (χ4n) is 2.99. The van der Waals surface area contributed by atoms with Crippen LogP contribution in [-0.4, -0.2) is 28.5 Å². The van der Waals surface area contributed by atoms with Gasteiger partial charge in [-0.1, -0.05) is 6.07 Å². The van der Waals surface area contributed by atoms with Crippen LogP contribution in [0, 0.1) is 0 Å². The van der Waals surface area contributed by atoms with E-state index in [9.17, 15) is 13.2 Å². The van der Waals surface area contributed by atoms with Crippen molar-refractivity contribution in [2.45, 2.75) is 24.2 Å². The average molecular weight is 360 g/mol. The van der Waals surface area contributed by atoms with E-state index in [4.69, 9.17) is 4.74 Å². The predicted octanol–water partition coefficient (Wildman–Crippen LogP) is 2.34. The van der Waals surface area contributed by atoms with Gasteiger partial charge in [0.05, 0.1) is 7.11 Å². The summed E-state index contributed by atoms with van der Waals surface area (Å²) < 4.78 is 31.6. The molecule has 0 aromatic heterocycles. The molecule has 0 aliphatic heterocycles. The van der Waals surface area contributed by atoms with Crippen molar-refractivity contribution in [1.29, 1.82) is 0 Å². The van der Waals surface area contributed by atoms with Crippen LogP contribution in [0.4, 0.5) is 5.69 Å². The van der Waals surface area contributed by atoms with E-state index in [2.05, 4.69) is 10.0 Å². The molecule has 1 aliphatic carbocycles. The van der Waals surface area contributed by atoms with Gasteiger partial charge >= 0.3 is 0 Å². The molecular formula is C18H20N2O4S. The third kappa shape index (κ3) is 3.52. The molecule has 132 valence electrons. The number of amides is 1. The van der Waals surface area contributed by atoms with Crippen LogP contribution in [0.3, 0.4) is 0 Å². The summed E-state index contributed by atoms with van der Waals surface area (Å²) >= 11 is 0. The van der Waals surface area contributed by atoms with E-state index in [-0.39, 0.29) is 22.1 Å². The normalized spacial score (nSPS) is 13.4. The molecule has 0 atom stereocenters. The summed E-state index contributed by atoms with van der Waals surface area (Å²) in [5, 5.41) is 2.83. The van der Waals surface area contributed by atoms with Gasteiger partial charge in [-0.25, -0.2) is 13.1 Å². The molecule has 0 saturated carbocycles. The Labute approximate surface area is 147 Å². The number of rotatable bonds is 5. The van der Waals surface area contributed by atoms with Gasteiger partial charge < -0.3 is 10.1 Å². The van der Waals surface area contributed by atoms with Crippen molar-refractivity contribution in [3.63, 3.8) is 0 Å². The Morgan fingerprint density at radius 3 is 2.56 bits per heavy atom. The van der Waals surface area contributed by atoms with Gasteiger partial charge in [-0.05, 0) is 67.8 Å². The number of sulfonamides is 1. The number of fused-ring (bicyclic) bond motifs is 1. The quantitative estimate of drug-likeness (QED) is 0.857. The first-order chi connectivity index (χ1) is 11.9. The molecule has 25 heavy (non-hydrogen) atoms. The van der Waals surface area contributed by atoms with Gasteiger partial charge in [0.15, 0.2) is 0 Å². The van der Waals surface area contributed by atoms with Crippen molar-refractivity contribution in [3.05, 3.63) is 53.1 Å². The smallest absolute Gasteiger partial charge is 0.255 e. The van der Waals surface area contributed by atoms with Crippen LogP contribution in [0.5, 0.6) is 5.75 Å². The number of hydrogen-bond donors (Lipinski definition) is 2. The third-order valence-electron chi connectivity index (χ3n) is 4.34. The summed E-state index contributed by atoms with van der Waals surface area (Å²) in [5.41, 5.74) is 3.53. The number of aryl methyl sites for hydroxylation is 2. The number of carbonyl (C=O) groups excluding carboxylic acids is 1. The molecule has 3 rings (SSSR count). The Bertz CT molecular complexity index is 923. The van der Waals surface area contributed by atoms with Gasteiger partial charge in [-0.2, -0.15) is 0 Å². The zero-order chi connectivity index (χ0) is 18.0. The standard InChI is InChI=1S/C18H20N2O4S/c1-19-25(22,23)17-11-14(7-9-16(17)24-2)18(21)20-15-8-6-12-4-3-5-13(12)10-15/h6-11,19H,3-5H2,1-2H3,(H,20,21). The summed E-state index contributed by atoms with van der Waals surface area (Å²) in [4.78, 5) is 12.4. The van der Waals surface area contributed by atoms with Crippen molar-refractivity contribution in [1.82, 2.24) is 4.72 Å². The zero-order valence-corrected chi connectivity index (χ0v) is 14.9. The summed E-state index contributed by atoms with van der Waals surface area (Å²) in [6.07, 6.45) is 3.23. The molecule has 0 heterocycles. The van der Waals surface area contributed by atoms with Gasteiger partial charge in [0, 0.05) is 11.3 Å². The highest BCUT2D eigenvalue weighted by atomic mass is 32.2. The Hall–Kier alpha value is -2.38. The Morgan fingerprint density at radius 1 is 1.08 bits per heavy atom. The number of nitrogens with one attached hydrogen (secondary N) is 2. The van der Waals surface area contributed by atoms with Gasteiger partial charge in [-0.3, -0.25) is 4.79 Å². The molecule has 6 nitrogen and oxygen atoms in total. The van der Waals surface area contributed by atoms with Crippen LogP contribution < -0.4 is 14.8 Å². The number of methoxy groups -OCH3 is 1. The minimum absolute atomic E-state index is 0.0703. The van der Waals surface area contributed by atoms with Crippen molar-refractivity contribution < 1.29 is 17.9 Å². The molecule has 0 radical (unpaired) electrons. The molecule has 2 N–H and O–H groups in total. The van der Waals surface area contributed by atoms with Crippen LogP contribution in [-0.2, 0) is 22.9 Å². The Balaban J connectivity index is 1.88. The second-order valence-corrected chi connectivity index (χ2v) is 7.72. The van der Waals surface area contributed by atoms with Crippen LogP contribution in [0.2, 0.25) is 0 Å². The van der Waals surface area contributed by atoms with Crippen molar-refractivity contribution in [2.24, 2.45) is 0 Å². The highest BCUT2D eigenvalue weighted by Gasteiger charge is 2.20. The topological polar surface area (TPSA) is 84.5 Å². The van der Waals surface area contributed by atoms with Gasteiger partial charge in [0.25, 0.3) is 5.91 Å². The lowest BCUT2D eigenvalue weighted by Gasteiger charge is -2.12. The van der Waals surface area contributed by atoms with Gasteiger partial charge in [-0.15, -0.1) is 0 Å². The number of carbonyl (C=O) groups is 1. The number of hydrogen-bond acceptors (Lipinski definition) is 4. The average Bonchev–Trinajstić information content (AvgIpc) is 3.08. The van der Waals surface area contributed by atoms with Crippen LogP contribution in [0.1, 0.15) is 27.9 Å². The van der Waals surface area contributed by atoms with Gasteiger partial charge in [0.1, 0.15) is 10.6 Å². The molecule has 7 heteroatoms. The zero-order valence-electron chi connectivity index (χ0n) is 14.1. The first kappa shape index (κ1) is 17.4. The maximum absolute atomic E-state index is 12.5. The lowest BCUT2D eigenvalue weighted by molar-refractivity contribution is 0.102. The van der Waals surface area contributed by atoms with E-state index in [0.29, 0.717) is 5.69 Å². The van der Waals surface area contributed by atoms with Crippen LogP contribution in [0.25, 0.3) is 0 Å². The van der Waals surface area contributed by atoms with E-state index < -0.39 is 10.0 Å². The maximum atomic E-state index is 12.5. The minimum Gasteiger partial charge on any atom is -0.495 e. The van der Waals surface area contributed by atoms with Crippen molar-refractivity contribution >= 4 is 21.6 Å². The maximum Gasteiger partial charge on any atom is 0.255 e. The minimum atomic E-state index is -3.73. The van der Waals surface area contributed by atoms with Crippen molar-refractivity contribution in [3.8, 4) is 5.75 Å². The lowest BCUT2D eigenvalue weighted by Crippen LogP contribution is -2.20. The first-order valence-electron chi connectivity index (χ1n) is 7.99. The third-order valence-corrected chi connectivity index (χ3v) is 5.78. The molecule has 2 aromatic carbocycles. The van der Waals surface area contributed by atoms with E-state index in [1.165, 1.54) is 43.5 Å². The van der Waals surface area contributed by atoms with E-state index >= 15 is 0 Å². The number of benzene rings is 2. The molecule has 0 unspecified atom stereocenters. The summed E-state index contributed by atoms with van der Waals surface area (Å²) in [6, 6.07) is 10.2. The monoisotopic (exact) mass is 360 g/mol. The fourth-order valence-corrected chi connectivity index (χ4v) is 3.91. The van der Waals surface area contributed by atoms with Crippen molar-refractivity contribution in [2.75, 3.05) is 19.5 Å². The Morgan fingerprint density at radius 2 is 1.84 bits per heavy atom. The van der Waals surface area contributed by atoms with E-state index in [1.54, 1.807) is 0 Å². The molecule has 1 aliphatic rings. The lowest BCUT2D eigenvalue weighted by atomic mass is 10.1.